The number of rotatable bonds is 5. The van der Waals surface area contributed by atoms with Gasteiger partial charge in [-0.2, -0.15) is 0 Å². The van der Waals surface area contributed by atoms with Crippen molar-refractivity contribution >= 4 is 17.4 Å². The largest absolute Gasteiger partial charge is 0.350 e. The van der Waals surface area contributed by atoms with Gasteiger partial charge in [0.25, 0.3) is 5.91 Å². The molecule has 1 aromatic rings. The predicted molar refractivity (Wildman–Crippen MR) is 60.3 cm³/mol. The molecular formula is C9H16N4OS. The average Bonchev–Trinajstić information content (AvgIpc) is 2.66. The fourth-order valence-electron chi connectivity index (χ4n) is 1.11. The van der Waals surface area contributed by atoms with Gasteiger partial charge >= 0.3 is 0 Å². The molecule has 2 N–H and O–H groups in total. The van der Waals surface area contributed by atoms with Gasteiger partial charge in [-0.05, 0) is 24.5 Å². The van der Waals surface area contributed by atoms with E-state index in [2.05, 4.69) is 20.2 Å². The minimum absolute atomic E-state index is 0.0797. The smallest absolute Gasteiger partial charge is 0.265 e. The molecule has 15 heavy (non-hydrogen) atoms. The lowest BCUT2D eigenvalue weighted by atomic mass is 10.1. The SMILES string of the molecule is CNCCNC(=O)c1snnc1C(C)C. The Balaban J connectivity index is 2.61. The van der Waals surface area contributed by atoms with Crippen molar-refractivity contribution in [3.8, 4) is 0 Å². The molecule has 0 saturated carbocycles. The summed E-state index contributed by atoms with van der Waals surface area (Å²) < 4.78 is 3.81. The zero-order valence-corrected chi connectivity index (χ0v) is 10.0. The lowest BCUT2D eigenvalue weighted by Crippen LogP contribution is -2.30. The van der Waals surface area contributed by atoms with Crippen LogP contribution in [0.15, 0.2) is 0 Å². The molecule has 1 amide bonds. The number of aromatic nitrogens is 2. The number of amides is 1. The molecule has 0 aliphatic rings. The summed E-state index contributed by atoms with van der Waals surface area (Å²) in [6.45, 7) is 5.38. The van der Waals surface area contributed by atoms with Crippen molar-refractivity contribution in [2.24, 2.45) is 0 Å². The van der Waals surface area contributed by atoms with E-state index in [1.54, 1.807) is 0 Å². The summed E-state index contributed by atoms with van der Waals surface area (Å²) in [5.41, 5.74) is 0.780. The normalized spacial score (nSPS) is 10.7. The number of carbonyl (C=O) groups is 1. The van der Waals surface area contributed by atoms with Crippen LogP contribution in [-0.4, -0.2) is 35.6 Å². The second kappa shape index (κ2) is 5.77. The molecule has 0 aromatic carbocycles. The molecule has 0 fully saturated rings. The van der Waals surface area contributed by atoms with Crippen molar-refractivity contribution in [3.63, 3.8) is 0 Å². The number of nitrogens with zero attached hydrogens (tertiary/aromatic N) is 2. The summed E-state index contributed by atoms with van der Waals surface area (Å²) in [6.07, 6.45) is 0. The second-order valence-corrected chi connectivity index (χ2v) is 4.26. The first-order chi connectivity index (χ1) is 7.16. The van der Waals surface area contributed by atoms with Crippen LogP contribution in [0.3, 0.4) is 0 Å². The van der Waals surface area contributed by atoms with E-state index in [0.29, 0.717) is 11.4 Å². The van der Waals surface area contributed by atoms with E-state index < -0.39 is 0 Å². The molecule has 5 nitrogen and oxygen atoms in total. The monoisotopic (exact) mass is 228 g/mol. The van der Waals surface area contributed by atoms with Crippen molar-refractivity contribution in [2.75, 3.05) is 20.1 Å². The number of carbonyl (C=O) groups excluding carboxylic acids is 1. The molecule has 6 heteroatoms. The number of nitrogens with one attached hydrogen (secondary N) is 2. The maximum absolute atomic E-state index is 11.7. The molecule has 1 rings (SSSR count). The molecule has 0 aliphatic heterocycles. The summed E-state index contributed by atoms with van der Waals surface area (Å²) in [5.74, 6) is 0.151. The summed E-state index contributed by atoms with van der Waals surface area (Å²) in [7, 11) is 1.85. The van der Waals surface area contributed by atoms with Gasteiger partial charge in [0.05, 0.1) is 5.69 Å². The minimum Gasteiger partial charge on any atom is -0.350 e. The van der Waals surface area contributed by atoms with Gasteiger partial charge in [0, 0.05) is 13.1 Å². The molecule has 84 valence electrons. The van der Waals surface area contributed by atoms with Crippen LogP contribution in [0.4, 0.5) is 0 Å². The number of hydrogen-bond acceptors (Lipinski definition) is 5. The summed E-state index contributed by atoms with van der Waals surface area (Å²) in [4.78, 5) is 12.3. The van der Waals surface area contributed by atoms with E-state index in [9.17, 15) is 4.79 Å². The first kappa shape index (κ1) is 12.1. The first-order valence-electron chi connectivity index (χ1n) is 4.91. The van der Waals surface area contributed by atoms with E-state index in [4.69, 9.17) is 0 Å². The molecule has 0 aliphatic carbocycles. The molecule has 1 heterocycles. The van der Waals surface area contributed by atoms with E-state index in [0.717, 1.165) is 23.8 Å². The molecule has 0 unspecified atom stereocenters. The van der Waals surface area contributed by atoms with Crippen LogP contribution in [0.25, 0.3) is 0 Å². The predicted octanol–water partition coefficient (Wildman–Crippen LogP) is 0.611. The average molecular weight is 228 g/mol. The fraction of sp³-hybridized carbons (Fsp3) is 0.667. The molecule has 0 atom stereocenters. The highest BCUT2D eigenvalue weighted by atomic mass is 32.1. The molecule has 0 bridgehead atoms. The van der Waals surface area contributed by atoms with Crippen LogP contribution in [0.5, 0.6) is 0 Å². The van der Waals surface area contributed by atoms with Gasteiger partial charge in [-0.25, -0.2) is 0 Å². The van der Waals surface area contributed by atoms with Gasteiger partial charge in [0.2, 0.25) is 0 Å². The highest BCUT2D eigenvalue weighted by Gasteiger charge is 2.17. The third-order valence-electron chi connectivity index (χ3n) is 1.93. The van der Waals surface area contributed by atoms with Gasteiger partial charge in [-0.3, -0.25) is 4.79 Å². The molecule has 0 spiro atoms. The Morgan fingerprint density at radius 1 is 1.47 bits per heavy atom. The van der Waals surface area contributed by atoms with Crippen molar-refractivity contribution in [1.82, 2.24) is 20.2 Å². The van der Waals surface area contributed by atoms with Crippen LogP contribution >= 0.6 is 11.5 Å². The Hall–Kier alpha value is -1.01. The van der Waals surface area contributed by atoms with Crippen LogP contribution in [0.2, 0.25) is 0 Å². The standard InChI is InChI=1S/C9H16N4OS/c1-6(2)7-8(15-13-12-7)9(14)11-5-4-10-3/h6,10H,4-5H2,1-3H3,(H,11,14). The Labute approximate surface area is 93.4 Å². The second-order valence-electron chi connectivity index (χ2n) is 3.50. The Kier molecular flexibility index (Phi) is 4.64. The Bertz CT molecular complexity index is 324. The number of likely N-dealkylation sites (N-methyl/N-ethyl adjacent to an activating group) is 1. The highest BCUT2D eigenvalue weighted by Crippen LogP contribution is 2.19. The number of hydrogen-bond donors (Lipinski definition) is 2. The molecular weight excluding hydrogens is 212 g/mol. The van der Waals surface area contributed by atoms with Crippen LogP contribution in [0, 0.1) is 0 Å². The van der Waals surface area contributed by atoms with E-state index in [1.165, 1.54) is 0 Å². The summed E-state index contributed by atoms with van der Waals surface area (Å²) in [6, 6.07) is 0. The zero-order valence-electron chi connectivity index (χ0n) is 9.20. The highest BCUT2D eigenvalue weighted by molar-refractivity contribution is 7.08. The third-order valence-corrected chi connectivity index (χ3v) is 2.67. The lowest BCUT2D eigenvalue weighted by Gasteiger charge is -2.05. The zero-order chi connectivity index (χ0) is 11.3. The topological polar surface area (TPSA) is 66.9 Å². The van der Waals surface area contributed by atoms with Crippen LogP contribution in [-0.2, 0) is 0 Å². The maximum atomic E-state index is 11.7. The van der Waals surface area contributed by atoms with Crippen molar-refractivity contribution in [2.45, 2.75) is 19.8 Å². The van der Waals surface area contributed by atoms with Gasteiger partial charge in [-0.15, -0.1) is 5.10 Å². The van der Waals surface area contributed by atoms with Gasteiger partial charge in [0.1, 0.15) is 4.88 Å². The summed E-state index contributed by atoms with van der Waals surface area (Å²) >= 11 is 1.15. The fourth-order valence-corrected chi connectivity index (χ4v) is 1.85. The Morgan fingerprint density at radius 2 is 2.20 bits per heavy atom. The lowest BCUT2D eigenvalue weighted by molar-refractivity contribution is 0.0956. The molecule has 0 radical (unpaired) electrons. The van der Waals surface area contributed by atoms with E-state index in [1.807, 2.05) is 20.9 Å². The van der Waals surface area contributed by atoms with E-state index in [-0.39, 0.29) is 11.8 Å². The van der Waals surface area contributed by atoms with Crippen LogP contribution < -0.4 is 10.6 Å². The quantitative estimate of drug-likeness (QED) is 0.725. The first-order valence-corrected chi connectivity index (χ1v) is 5.69. The van der Waals surface area contributed by atoms with Crippen molar-refractivity contribution in [1.29, 1.82) is 0 Å². The Morgan fingerprint density at radius 3 is 2.80 bits per heavy atom. The maximum Gasteiger partial charge on any atom is 0.265 e. The third kappa shape index (κ3) is 3.24. The van der Waals surface area contributed by atoms with Crippen molar-refractivity contribution < 1.29 is 4.79 Å². The molecule has 1 aromatic heterocycles. The molecule has 0 saturated heterocycles. The minimum atomic E-state index is -0.0797. The van der Waals surface area contributed by atoms with Gasteiger partial charge in [-0.1, -0.05) is 18.3 Å². The van der Waals surface area contributed by atoms with Crippen LogP contribution in [0.1, 0.15) is 35.1 Å². The van der Waals surface area contributed by atoms with Gasteiger partial charge < -0.3 is 10.6 Å². The van der Waals surface area contributed by atoms with E-state index >= 15 is 0 Å². The van der Waals surface area contributed by atoms with Crippen molar-refractivity contribution in [3.05, 3.63) is 10.6 Å². The summed E-state index contributed by atoms with van der Waals surface area (Å²) in [5, 5.41) is 9.73. The van der Waals surface area contributed by atoms with Gasteiger partial charge in [0.15, 0.2) is 0 Å².